The minimum Gasteiger partial charge on any atom is -0.403 e. The summed E-state index contributed by atoms with van der Waals surface area (Å²) in [4.78, 5) is 12.5. The molecule has 3 aromatic rings. The average molecular weight is 464 g/mol. The number of amides is 1. The first-order chi connectivity index (χ1) is 15.3. The number of sulfonamides is 1. The quantitative estimate of drug-likeness (QED) is 0.512. The van der Waals surface area contributed by atoms with Crippen molar-refractivity contribution >= 4 is 21.9 Å². The minimum atomic E-state index is -3.66. The first-order valence-electron chi connectivity index (χ1n) is 9.96. The van der Waals surface area contributed by atoms with Gasteiger partial charge in [0.2, 0.25) is 10.0 Å². The van der Waals surface area contributed by atoms with E-state index in [1.54, 1.807) is 6.92 Å². The van der Waals surface area contributed by atoms with E-state index in [2.05, 4.69) is 15.5 Å². The van der Waals surface area contributed by atoms with Crippen LogP contribution in [0.4, 0.5) is 14.8 Å². The molecule has 0 fully saturated rings. The Bertz CT molecular complexity index is 1200. The Hall–Kier alpha value is -3.18. The van der Waals surface area contributed by atoms with Crippen LogP contribution in [0.15, 0.2) is 51.8 Å². The van der Waals surface area contributed by atoms with Gasteiger partial charge < -0.3 is 4.42 Å². The molecule has 0 radical (unpaired) electrons. The van der Waals surface area contributed by atoms with Crippen LogP contribution in [-0.4, -0.2) is 41.9 Å². The van der Waals surface area contributed by atoms with E-state index in [0.29, 0.717) is 19.2 Å². The summed E-state index contributed by atoms with van der Waals surface area (Å²) in [5.74, 6) is -2.49. The van der Waals surface area contributed by atoms with Gasteiger partial charge in [-0.3, -0.25) is 10.1 Å². The lowest BCUT2D eigenvalue weighted by molar-refractivity contribution is 0.102. The van der Waals surface area contributed by atoms with E-state index in [1.807, 2.05) is 6.92 Å². The molecule has 8 nitrogen and oxygen atoms in total. The van der Waals surface area contributed by atoms with Crippen LogP contribution < -0.4 is 5.32 Å². The van der Waals surface area contributed by atoms with Crippen molar-refractivity contribution in [3.63, 3.8) is 0 Å². The van der Waals surface area contributed by atoms with Gasteiger partial charge in [0.15, 0.2) is 0 Å². The molecule has 32 heavy (non-hydrogen) atoms. The lowest BCUT2D eigenvalue weighted by atomic mass is 10.2. The molecular weight excluding hydrogens is 442 g/mol. The lowest BCUT2D eigenvalue weighted by Crippen LogP contribution is -2.31. The van der Waals surface area contributed by atoms with Gasteiger partial charge in [0.1, 0.15) is 11.6 Å². The van der Waals surface area contributed by atoms with Crippen LogP contribution in [0.2, 0.25) is 0 Å². The lowest BCUT2D eigenvalue weighted by Gasteiger charge is -2.20. The van der Waals surface area contributed by atoms with E-state index in [0.717, 1.165) is 25.0 Å². The number of carbonyl (C=O) groups is 1. The second-order valence-corrected chi connectivity index (χ2v) is 8.80. The summed E-state index contributed by atoms with van der Waals surface area (Å²) in [6, 6.07) is 8.01. The third-order valence-electron chi connectivity index (χ3n) is 4.68. The summed E-state index contributed by atoms with van der Waals surface area (Å²) in [6.45, 7) is 4.52. The predicted octanol–water partition coefficient (Wildman–Crippen LogP) is 4.08. The Morgan fingerprint density at radius 2 is 1.81 bits per heavy atom. The predicted molar refractivity (Wildman–Crippen MR) is 113 cm³/mol. The monoisotopic (exact) mass is 464 g/mol. The third-order valence-corrected chi connectivity index (χ3v) is 6.66. The highest BCUT2D eigenvalue weighted by Gasteiger charge is 2.23. The number of rotatable bonds is 9. The molecule has 170 valence electrons. The van der Waals surface area contributed by atoms with Gasteiger partial charge in [-0.15, -0.1) is 5.10 Å². The normalized spacial score (nSPS) is 11.7. The van der Waals surface area contributed by atoms with Gasteiger partial charge in [-0.25, -0.2) is 17.2 Å². The summed E-state index contributed by atoms with van der Waals surface area (Å²) in [6.07, 6.45) is 1.62. The Balaban J connectivity index is 1.72. The standard InChI is InChI=1S/C21H22F2N4O4S/c1-3-5-12-27(4-2)32(29,30)16-9-6-14(7-10-16)19(28)24-21-26-25-20(31-21)17-11-8-15(22)13-18(17)23/h6-11,13H,3-5,12H2,1-2H3,(H,24,26,28). The van der Waals surface area contributed by atoms with Crippen molar-refractivity contribution in [2.45, 2.75) is 31.6 Å². The maximum absolute atomic E-state index is 13.9. The zero-order chi connectivity index (χ0) is 23.3. The van der Waals surface area contributed by atoms with Crippen molar-refractivity contribution in [3.8, 4) is 11.5 Å². The Labute approximate surface area is 184 Å². The molecule has 0 spiro atoms. The number of benzene rings is 2. The summed E-state index contributed by atoms with van der Waals surface area (Å²) < 4.78 is 59.0. The van der Waals surface area contributed by atoms with Crippen molar-refractivity contribution in [3.05, 3.63) is 59.7 Å². The Kier molecular flexibility index (Phi) is 7.31. The Morgan fingerprint density at radius 3 is 2.44 bits per heavy atom. The number of halogens is 2. The molecule has 0 atom stereocenters. The number of anilines is 1. The first-order valence-corrected chi connectivity index (χ1v) is 11.4. The SMILES string of the molecule is CCCCN(CC)S(=O)(=O)c1ccc(C(=O)Nc2nnc(-c3ccc(F)cc3F)o2)cc1. The van der Waals surface area contributed by atoms with Crippen LogP contribution in [0.5, 0.6) is 0 Å². The van der Waals surface area contributed by atoms with Crippen molar-refractivity contribution < 1.29 is 26.4 Å². The molecule has 0 saturated heterocycles. The van der Waals surface area contributed by atoms with Gasteiger partial charge in [-0.05, 0) is 42.8 Å². The van der Waals surface area contributed by atoms with Crippen molar-refractivity contribution in [1.82, 2.24) is 14.5 Å². The highest BCUT2D eigenvalue weighted by molar-refractivity contribution is 7.89. The summed E-state index contributed by atoms with van der Waals surface area (Å²) >= 11 is 0. The van der Waals surface area contributed by atoms with Crippen molar-refractivity contribution in [2.24, 2.45) is 0 Å². The van der Waals surface area contributed by atoms with Crippen molar-refractivity contribution in [1.29, 1.82) is 0 Å². The number of carbonyl (C=O) groups excluding carboxylic acids is 1. The molecule has 0 aliphatic carbocycles. The molecule has 11 heteroatoms. The van der Waals surface area contributed by atoms with E-state index in [-0.39, 0.29) is 27.9 Å². The number of nitrogens with zero attached hydrogens (tertiary/aromatic N) is 3. The maximum atomic E-state index is 13.9. The van der Waals surface area contributed by atoms with Gasteiger partial charge in [-0.2, -0.15) is 4.31 Å². The molecule has 1 aromatic heterocycles. The molecule has 0 bridgehead atoms. The second-order valence-electron chi connectivity index (χ2n) is 6.87. The van der Waals surface area contributed by atoms with Crippen molar-refractivity contribution in [2.75, 3.05) is 18.4 Å². The molecule has 0 unspecified atom stereocenters. The number of aromatic nitrogens is 2. The molecule has 0 aliphatic rings. The fraction of sp³-hybridized carbons (Fsp3) is 0.286. The van der Waals surface area contributed by atoms with Gasteiger partial charge in [0.05, 0.1) is 10.5 Å². The molecular formula is C21H22F2N4O4S. The molecule has 3 rings (SSSR count). The van der Waals surface area contributed by atoms with Crippen LogP contribution in [-0.2, 0) is 10.0 Å². The topological polar surface area (TPSA) is 105 Å². The zero-order valence-corrected chi connectivity index (χ0v) is 18.3. The third kappa shape index (κ3) is 5.17. The molecule has 1 N–H and O–H groups in total. The van der Waals surface area contributed by atoms with Gasteiger partial charge in [0.25, 0.3) is 11.8 Å². The minimum absolute atomic E-state index is 0.0823. The summed E-state index contributed by atoms with van der Waals surface area (Å²) in [7, 11) is -3.66. The van der Waals surface area contributed by atoms with Gasteiger partial charge in [0, 0.05) is 24.7 Å². The summed E-state index contributed by atoms with van der Waals surface area (Å²) in [5, 5.41) is 9.64. The number of nitrogens with one attached hydrogen (secondary N) is 1. The fourth-order valence-electron chi connectivity index (χ4n) is 2.92. The largest absolute Gasteiger partial charge is 0.403 e. The Morgan fingerprint density at radius 1 is 1.09 bits per heavy atom. The van der Waals surface area contributed by atoms with Crippen LogP contribution in [0, 0.1) is 11.6 Å². The molecule has 0 saturated carbocycles. The average Bonchev–Trinajstić information content (AvgIpc) is 3.22. The molecule has 1 heterocycles. The van der Waals surface area contributed by atoms with E-state index < -0.39 is 27.6 Å². The number of unbranched alkanes of at least 4 members (excludes halogenated alkanes) is 1. The highest BCUT2D eigenvalue weighted by Crippen LogP contribution is 2.24. The van der Waals surface area contributed by atoms with Crippen LogP contribution in [0.1, 0.15) is 37.0 Å². The van der Waals surface area contributed by atoms with Crippen LogP contribution in [0.3, 0.4) is 0 Å². The van der Waals surface area contributed by atoms with E-state index >= 15 is 0 Å². The van der Waals surface area contributed by atoms with E-state index in [1.165, 1.54) is 28.6 Å². The molecule has 2 aromatic carbocycles. The number of hydrogen-bond donors (Lipinski definition) is 1. The molecule has 0 aliphatic heterocycles. The van der Waals surface area contributed by atoms with Gasteiger partial charge in [-0.1, -0.05) is 25.4 Å². The second kappa shape index (κ2) is 9.96. The fourth-order valence-corrected chi connectivity index (χ4v) is 4.41. The molecule has 1 amide bonds. The maximum Gasteiger partial charge on any atom is 0.322 e. The van der Waals surface area contributed by atoms with E-state index in [9.17, 15) is 22.0 Å². The number of hydrogen-bond acceptors (Lipinski definition) is 6. The first kappa shape index (κ1) is 23.5. The van der Waals surface area contributed by atoms with Crippen LogP contribution in [0.25, 0.3) is 11.5 Å². The summed E-state index contributed by atoms with van der Waals surface area (Å²) in [5.41, 5.74) is 0.0470. The zero-order valence-electron chi connectivity index (χ0n) is 17.5. The highest BCUT2D eigenvalue weighted by atomic mass is 32.2. The van der Waals surface area contributed by atoms with Gasteiger partial charge >= 0.3 is 6.01 Å². The smallest absolute Gasteiger partial charge is 0.322 e. The van der Waals surface area contributed by atoms with Crippen LogP contribution >= 0.6 is 0 Å². The van der Waals surface area contributed by atoms with E-state index in [4.69, 9.17) is 4.42 Å².